The number of hydrogen-bond donors (Lipinski definition) is 2. The molecule has 0 rings (SSSR count). The number of rotatable bonds is 1. The molecule has 0 bridgehead atoms. The van der Waals surface area contributed by atoms with Crippen molar-refractivity contribution in [2.24, 2.45) is 11.1 Å². The molecule has 3 N–H and O–H groups in total. The molecule has 0 spiro atoms. The summed E-state index contributed by atoms with van der Waals surface area (Å²) in [5, 5.41) is 8.84. The molecule has 0 aliphatic heterocycles. The summed E-state index contributed by atoms with van der Waals surface area (Å²) in [6.07, 6.45) is 0. The minimum Gasteiger partial charge on any atom is -0.511 e. The van der Waals surface area contributed by atoms with Crippen LogP contribution in [-0.2, 0) is 0 Å². The Kier molecular flexibility index (Phi) is 2.26. The van der Waals surface area contributed by atoms with E-state index in [2.05, 4.69) is 6.58 Å². The zero-order valence-electron chi connectivity index (χ0n) is 6.31. The van der Waals surface area contributed by atoms with Gasteiger partial charge >= 0.3 is 0 Å². The minimum atomic E-state index is -0.322. The van der Waals surface area contributed by atoms with Crippen LogP contribution in [0.4, 0.5) is 0 Å². The van der Waals surface area contributed by atoms with Crippen LogP contribution in [0.5, 0.6) is 0 Å². The van der Waals surface area contributed by atoms with Gasteiger partial charge in [0, 0.05) is 0 Å². The van der Waals surface area contributed by atoms with Crippen molar-refractivity contribution >= 4 is 0 Å². The maximum atomic E-state index is 8.84. The normalized spacial score (nSPS) is 15.1. The molecule has 1 unspecified atom stereocenters. The summed E-state index contributed by atoms with van der Waals surface area (Å²) in [5.74, 6) is 0.0579. The first-order valence-electron chi connectivity index (χ1n) is 2.99. The standard InChI is InChI=1S/C7H15NO/c1-5(9)6(8)7(2,3)4/h6,9H,1,8H2,2-4H3. The summed E-state index contributed by atoms with van der Waals surface area (Å²) in [6.45, 7) is 9.22. The minimum absolute atomic E-state index is 0.0579. The quantitative estimate of drug-likeness (QED) is 0.526. The highest BCUT2D eigenvalue weighted by molar-refractivity contribution is 4.98. The molecule has 2 heteroatoms. The number of nitrogens with two attached hydrogens (primary N) is 1. The van der Waals surface area contributed by atoms with Gasteiger partial charge in [-0.05, 0) is 5.41 Å². The van der Waals surface area contributed by atoms with Crippen LogP contribution in [0.15, 0.2) is 12.3 Å². The van der Waals surface area contributed by atoms with Gasteiger partial charge in [0.15, 0.2) is 0 Å². The van der Waals surface area contributed by atoms with Crippen LogP contribution in [0.1, 0.15) is 20.8 Å². The van der Waals surface area contributed by atoms with E-state index in [4.69, 9.17) is 10.8 Å². The maximum Gasteiger partial charge on any atom is 0.102 e. The van der Waals surface area contributed by atoms with Gasteiger partial charge in [0.05, 0.1) is 6.04 Å². The van der Waals surface area contributed by atoms with Crippen LogP contribution in [0, 0.1) is 5.41 Å². The second kappa shape index (κ2) is 2.40. The molecule has 0 aliphatic rings. The zero-order valence-corrected chi connectivity index (χ0v) is 6.31. The average Bonchev–Trinajstić information content (AvgIpc) is 1.62. The highest BCUT2D eigenvalue weighted by Gasteiger charge is 2.22. The van der Waals surface area contributed by atoms with Crippen molar-refractivity contribution in [2.75, 3.05) is 0 Å². The summed E-state index contributed by atoms with van der Waals surface area (Å²) >= 11 is 0. The molecule has 0 saturated heterocycles. The van der Waals surface area contributed by atoms with Crippen LogP contribution in [0.25, 0.3) is 0 Å². The van der Waals surface area contributed by atoms with Crippen LogP contribution in [-0.4, -0.2) is 11.1 Å². The first kappa shape index (κ1) is 8.50. The van der Waals surface area contributed by atoms with Gasteiger partial charge in [0.2, 0.25) is 0 Å². The fourth-order valence-corrected chi connectivity index (χ4v) is 0.500. The molecule has 1 atom stereocenters. The Labute approximate surface area is 56.4 Å². The third-order valence-corrected chi connectivity index (χ3v) is 1.29. The van der Waals surface area contributed by atoms with Crippen LogP contribution in [0.2, 0.25) is 0 Å². The average molecular weight is 129 g/mol. The Balaban J connectivity index is 4.04. The topological polar surface area (TPSA) is 46.2 Å². The number of hydrogen-bond acceptors (Lipinski definition) is 2. The van der Waals surface area contributed by atoms with Gasteiger partial charge < -0.3 is 10.8 Å². The first-order valence-corrected chi connectivity index (χ1v) is 2.99. The monoisotopic (exact) mass is 129 g/mol. The van der Waals surface area contributed by atoms with Crippen molar-refractivity contribution in [1.29, 1.82) is 0 Å². The molecule has 0 aromatic carbocycles. The molecule has 0 aromatic rings. The van der Waals surface area contributed by atoms with E-state index >= 15 is 0 Å². The second-order valence-corrected chi connectivity index (χ2v) is 3.34. The zero-order chi connectivity index (χ0) is 7.65. The Hall–Kier alpha value is -0.500. The molecular formula is C7H15NO. The van der Waals surface area contributed by atoms with Crippen molar-refractivity contribution in [3.8, 4) is 0 Å². The predicted octanol–water partition coefficient (Wildman–Crippen LogP) is 1.43. The summed E-state index contributed by atoms with van der Waals surface area (Å²) in [7, 11) is 0. The molecule has 0 radical (unpaired) electrons. The number of aliphatic hydroxyl groups is 1. The Bertz CT molecular complexity index is 113. The summed E-state index contributed by atoms with van der Waals surface area (Å²) in [4.78, 5) is 0. The predicted molar refractivity (Wildman–Crippen MR) is 39.2 cm³/mol. The van der Waals surface area contributed by atoms with Gasteiger partial charge in [-0.25, -0.2) is 0 Å². The lowest BCUT2D eigenvalue weighted by Gasteiger charge is -2.25. The molecule has 0 saturated carbocycles. The fraction of sp³-hybridized carbons (Fsp3) is 0.714. The smallest absolute Gasteiger partial charge is 0.102 e. The van der Waals surface area contributed by atoms with Crippen molar-refractivity contribution in [3.63, 3.8) is 0 Å². The third-order valence-electron chi connectivity index (χ3n) is 1.29. The van der Waals surface area contributed by atoms with Gasteiger partial charge in [0.25, 0.3) is 0 Å². The lowest BCUT2D eigenvalue weighted by Crippen LogP contribution is -2.36. The molecule has 0 heterocycles. The Morgan fingerprint density at radius 1 is 1.56 bits per heavy atom. The van der Waals surface area contributed by atoms with E-state index in [9.17, 15) is 0 Å². The van der Waals surface area contributed by atoms with Crippen molar-refractivity contribution in [2.45, 2.75) is 26.8 Å². The van der Waals surface area contributed by atoms with Gasteiger partial charge in [-0.15, -0.1) is 0 Å². The van der Waals surface area contributed by atoms with Crippen molar-refractivity contribution in [3.05, 3.63) is 12.3 Å². The highest BCUT2D eigenvalue weighted by atomic mass is 16.3. The van der Waals surface area contributed by atoms with E-state index in [1.54, 1.807) is 0 Å². The highest BCUT2D eigenvalue weighted by Crippen LogP contribution is 2.20. The molecule has 0 amide bonds. The SMILES string of the molecule is C=C(O)C(N)C(C)(C)C. The molecule has 2 nitrogen and oxygen atoms in total. The molecule has 9 heavy (non-hydrogen) atoms. The van der Waals surface area contributed by atoms with Crippen molar-refractivity contribution in [1.82, 2.24) is 0 Å². The van der Waals surface area contributed by atoms with Crippen LogP contribution in [0.3, 0.4) is 0 Å². The fourth-order valence-electron chi connectivity index (χ4n) is 0.500. The molecular weight excluding hydrogens is 114 g/mol. The first-order chi connectivity index (χ1) is 3.85. The van der Waals surface area contributed by atoms with E-state index in [-0.39, 0.29) is 17.2 Å². The van der Waals surface area contributed by atoms with Crippen LogP contribution < -0.4 is 5.73 Å². The summed E-state index contributed by atoms with van der Waals surface area (Å²) in [5.41, 5.74) is 5.45. The van der Waals surface area contributed by atoms with Gasteiger partial charge in [-0.2, -0.15) is 0 Å². The Morgan fingerprint density at radius 3 is 1.89 bits per heavy atom. The summed E-state index contributed by atoms with van der Waals surface area (Å²) < 4.78 is 0. The van der Waals surface area contributed by atoms with E-state index in [0.29, 0.717) is 0 Å². The molecule has 0 aromatic heterocycles. The van der Waals surface area contributed by atoms with Gasteiger partial charge in [-0.1, -0.05) is 27.4 Å². The lowest BCUT2D eigenvalue weighted by molar-refractivity contribution is 0.265. The van der Waals surface area contributed by atoms with E-state index < -0.39 is 0 Å². The lowest BCUT2D eigenvalue weighted by atomic mass is 9.87. The number of aliphatic hydroxyl groups excluding tert-OH is 1. The van der Waals surface area contributed by atoms with Gasteiger partial charge in [-0.3, -0.25) is 0 Å². The second-order valence-electron chi connectivity index (χ2n) is 3.34. The molecule has 54 valence electrons. The maximum absolute atomic E-state index is 8.84. The third kappa shape index (κ3) is 2.51. The van der Waals surface area contributed by atoms with E-state index in [0.717, 1.165) is 0 Å². The molecule has 0 aliphatic carbocycles. The molecule has 0 fully saturated rings. The van der Waals surface area contributed by atoms with E-state index in [1.165, 1.54) is 0 Å². The van der Waals surface area contributed by atoms with Crippen LogP contribution >= 0.6 is 0 Å². The van der Waals surface area contributed by atoms with E-state index in [1.807, 2.05) is 20.8 Å². The largest absolute Gasteiger partial charge is 0.511 e. The summed E-state index contributed by atoms with van der Waals surface area (Å²) in [6, 6.07) is -0.322. The van der Waals surface area contributed by atoms with Gasteiger partial charge in [0.1, 0.15) is 5.76 Å². The Morgan fingerprint density at radius 2 is 1.89 bits per heavy atom. The van der Waals surface area contributed by atoms with Crippen molar-refractivity contribution < 1.29 is 5.11 Å².